The molecule has 0 radical (unpaired) electrons. The van der Waals surface area contributed by atoms with Crippen molar-refractivity contribution in [2.45, 2.75) is 11.3 Å². The van der Waals surface area contributed by atoms with E-state index in [0.717, 1.165) is 9.37 Å². The van der Waals surface area contributed by atoms with Gasteiger partial charge in [-0.05, 0) is 48.5 Å². The summed E-state index contributed by atoms with van der Waals surface area (Å²) in [6, 6.07) is 12.9. The fourth-order valence-corrected chi connectivity index (χ4v) is 2.77. The van der Waals surface area contributed by atoms with Gasteiger partial charge in [0.1, 0.15) is 5.82 Å². The van der Waals surface area contributed by atoms with Gasteiger partial charge in [-0.1, -0.05) is 15.9 Å². The van der Waals surface area contributed by atoms with Gasteiger partial charge in [-0.2, -0.15) is 0 Å². The van der Waals surface area contributed by atoms with Crippen molar-refractivity contribution >= 4 is 39.5 Å². The Morgan fingerprint density at radius 1 is 1.00 bits per heavy atom. The van der Waals surface area contributed by atoms with Gasteiger partial charge in [-0.15, -0.1) is 11.8 Å². The Morgan fingerprint density at radius 3 is 2.30 bits per heavy atom. The Hall–Kier alpha value is -1.86. The first kappa shape index (κ1) is 17.5. The maximum absolute atomic E-state index is 12.8. The summed E-state index contributed by atoms with van der Waals surface area (Å²) in [5, 5.41) is 0. The molecule has 0 aliphatic carbocycles. The maximum atomic E-state index is 12.8. The predicted molar refractivity (Wildman–Crippen MR) is 91.5 cm³/mol. The third-order valence-electron chi connectivity index (χ3n) is 2.83. The summed E-state index contributed by atoms with van der Waals surface area (Å²) >= 11 is 4.73. The normalized spacial score (nSPS) is 10.2. The lowest BCUT2D eigenvalue weighted by atomic mass is 10.2. The minimum absolute atomic E-state index is 0.239. The lowest BCUT2D eigenvalue weighted by Gasteiger charge is -2.07. The number of hydrazine groups is 1. The van der Waals surface area contributed by atoms with E-state index in [1.165, 1.54) is 23.9 Å². The van der Waals surface area contributed by atoms with Crippen LogP contribution >= 0.6 is 27.7 Å². The fraction of sp³-hybridized carbons (Fsp3) is 0.125. The number of carbonyl (C=O) groups excluding carboxylic acids is 2. The highest BCUT2D eigenvalue weighted by Crippen LogP contribution is 2.18. The van der Waals surface area contributed by atoms with Gasteiger partial charge in [0.2, 0.25) is 5.91 Å². The Bertz CT molecular complexity index is 677. The first-order chi connectivity index (χ1) is 11.0. The molecule has 0 heterocycles. The molecule has 4 nitrogen and oxygen atoms in total. The zero-order valence-electron chi connectivity index (χ0n) is 12.0. The Balaban J connectivity index is 1.69. The summed E-state index contributed by atoms with van der Waals surface area (Å²) in [5.74, 6) is -0.420. The fourth-order valence-electron chi connectivity index (χ4n) is 1.65. The largest absolute Gasteiger partial charge is 0.273 e. The number of amides is 2. The molecule has 0 spiro atoms. The van der Waals surface area contributed by atoms with Crippen LogP contribution in [0.2, 0.25) is 0 Å². The Morgan fingerprint density at radius 2 is 1.65 bits per heavy atom. The van der Waals surface area contributed by atoms with Gasteiger partial charge in [0.15, 0.2) is 0 Å². The number of hydrogen-bond acceptors (Lipinski definition) is 3. The standard InChI is InChI=1S/C16H14BrFN2O2S/c17-12-3-1-11(2-4-12)16(22)20-19-15(21)9-10-23-14-7-5-13(18)6-8-14/h1-8H,9-10H2,(H,19,21)(H,20,22). The number of halogens is 2. The van der Waals surface area contributed by atoms with Crippen LogP contribution in [0.1, 0.15) is 16.8 Å². The van der Waals surface area contributed by atoms with E-state index in [2.05, 4.69) is 26.8 Å². The van der Waals surface area contributed by atoms with E-state index in [1.807, 2.05) is 0 Å². The van der Waals surface area contributed by atoms with Crippen molar-refractivity contribution in [3.05, 3.63) is 64.4 Å². The Kier molecular flexibility index (Phi) is 6.61. The number of rotatable bonds is 5. The third-order valence-corrected chi connectivity index (χ3v) is 4.38. The molecule has 0 aliphatic heterocycles. The van der Waals surface area contributed by atoms with E-state index in [1.54, 1.807) is 36.4 Å². The topological polar surface area (TPSA) is 58.2 Å². The average molecular weight is 397 g/mol. The second kappa shape index (κ2) is 8.69. The van der Waals surface area contributed by atoms with Crippen LogP contribution in [0.25, 0.3) is 0 Å². The van der Waals surface area contributed by atoms with Gasteiger partial charge in [0.25, 0.3) is 5.91 Å². The van der Waals surface area contributed by atoms with Crippen molar-refractivity contribution in [1.29, 1.82) is 0 Å². The lowest BCUT2D eigenvalue weighted by Crippen LogP contribution is -2.41. The van der Waals surface area contributed by atoms with Crippen molar-refractivity contribution in [3.63, 3.8) is 0 Å². The van der Waals surface area contributed by atoms with Gasteiger partial charge in [-0.25, -0.2) is 4.39 Å². The number of nitrogens with one attached hydrogen (secondary N) is 2. The summed E-state index contributed by atoms with van der Waals surface area (Å²) in [6.07, 6.45) is 0.239. The van der Waals surface area contributed by atoms with E-state index in [4.69, 9.17) is 0 Å². The van der Waals surface area contributed by atoms with Crippen LogP contribution in [0.15, 0.2) is 57.9 Å². The first-order valence-electron chi connectivity index (χ1n) is 6.78. The molecule has 0 saturated heterocycles. The molecule has 0 atom stereocenters. The van der Waals surface area contributed by atoms with Crippen molar-refractivity contribution < 1.29 is 14.0 Å². The number of carbonyl (C=O) groups is 2. The molecule has 0 bridgehead atoms. The molecule has 0 unspecified atom stereocenters. The highest BCUT2D eigenvalue weighted by Gasteiger charge is 2.07. The van der Waals surface area contributed by atoms with Gasteiger partial charge >= 0.3 is 0 Å². The molecular weight excluding hydrogens is 383 g/mol. The summed E-state index contributed by atoms with van der Waals surface area (Å²) < 4.78 is 13.6. The SMILES string of the molecule is O=C(CCSc1ccc(F)cc1)NNC(=O)c1ccc(Br)cc1. The number of hydrogen-bond donors (Lipinski definition) is 2. The Labute approximate surface area is 145 Å². The minimum Gasteiger partial charge on any atom is -0.273 e. The molecule has 0 aliphatic rings. The molecule has 2 amide bonds. The quantitative estimate of drug-likeness (QED) is 0.600. The molecule has 2 aromatic carbocycles. The highest BCUT2D eigenvalue weighted by atomic mass is 79.9. The van der Waals surface area contributed by atoms with Crippen molar-refractivity contribution in [2.75, 3.05) is 5.75 Å². The predicted octanol–water partition coefficient (Wildman–Crippen LogP) is 3.53. The second-order valence-electron chi connectivity index (χ2n) is 4.56. The molecule has 23 heavy (non-hydrogen) atoms. The van der Waals surface area contributed by atoms with Gasteiger partial charge in [-0.3, -0.25) is 20.4 Å². The zero-order valence-corrected chi connectivity index (χ0v) is 14.4. The smallest absolute Gasteiger partial charge is 0.269 e. The van der Waals surface area contributed by atoms with E-state index in [-0.39, 0.29) is 24.1 Å². The molecule has 7 heteroatoms. The molecule has 120 valence electrons. The molecule has 0 saturated carbocycles. The van der Waals surface area contributed by atoms with Gasteiger partial charge < -0.3 is 0 Å². The van der Waals surface area contributed by atoms with Crippen LogP contribution in [0.5, 0.6) is 0 Å². The van der Waals surface area contributed by atoms with E-state index in [0.29, 0.717) is 11.3 Å². The number of benzene rings is 2. The third kappa shape index (κ3) is 6.03. The molecule has 2 aromatic rings. The van der Waals surface area contributed by atoms with Crippen molar-refractivity contribution in [3.8, 4) is 0 Å². The van der Waals surface area contributed by atoms with Crippen molar-refractivity contribution in [1.82, 2.24) is 10.9 Å². The second-order valence-corrected chi connectivity index (χ2v) is 6.65. The van der Waals surface area contributed by atoms with Crippen molar-refractivity contribution in [2.24, 2.45) is 0 Å². The van der Waals surface area contributed by atoms with Crippen LogP contribution in [-0.2, 0) is 4.79 Å². The highest BCUT2D eigenvalue weighted by molar-refractivity contribution is 9.10. The van der Waals surface area contributed by atoms with E-state index in [9.17, 15) is 14.0 Å². The average Bonchev–Trinajstić information content (AvgIpc) is 2.55. The molecule has 2 N–H and O–H groups in total. The summed E-state index contributed by atoms with van der Waals surface area (Å²) in [4.78, 5) is 24.4. The first-order valence-corrected chi connectivity index (χ1v) is 8.55. The van der Waals surface area contributed by atoms with Crippen LogP contribution in [0, 0.1) is 5.82 Å². The molecule has 0 aromatic heterocycles. The maximum Gasteiger partial charge on any atom is 0.269 e. The van der Waals surface area contributed by atoms with Crippen LogP contribution in [0.3, 0.4) is 0 Å². The lowest BCUT2D eigenvalue weighted by molar-refractivity contribution is -0.121. The molecule has 2 rings (SSSR count). The van der Waals surface area contributed by atoms with Gasteiger partial charge in [0, 0.05) is 27.1 Å². The summed E-state index contributed by atoms with van der Waals surface area (Å²) in [7, 11) is 0. The van der Waals surface area contributed by atoms with Crippen LogP contribution < -0.4 is 10.9 Å². The van der Waals surface area contributed by atoms with E-state index >= 15 is 0 Å². The van der Waals surface area contributed by atoms with Gasteiger partial charge in [0.05, 0.1) is 0 Å². The monoisotopic (exact) mass is 396 g/mol. The van der Waals surface area contributed by atoms with E-state index < -0.39 is 0 Å². The van der Waals surface area contributed by atoms with Crippen LogP contribution in [0.4, 0.5) is 4.39 Å². The van der Waals surface area contributed by atoms with Crippen LogP contribution in [-0.4, -0.2) is 17.6 Å². The minimum atomic E-state index is -0.378. The molecular formula is C16H14BrFN2O2S. The zero-order chi connectivity index (χ0) is 16.7. The molecule has 0 fully saturated rings. The summed E-state index contributed by atoms with van der Waals surface area (Å²) in [5.41, 5.74) is 5.18. The number of thioether (sulfide) groups is 1. The summed E-state index contributed by atoms with van der Waals surface area (Å²) in [6.45, 7) is 0.